The van der Waals surface area contributed by atoms with Crippen LogP contribution in [0.3, 0.4) is 0 Å². The summed E-state index contributed by atoms with van der Waals surface area (Å²) < 4.78 is 19.5. The van der Waals surface area contributed by atoms with Crippen LogP contribution in [0.4, 0.5) is 4.39 Å². The molecule has 5 heteroatoms. The van der Waals surface area contributed by atoms with Gasteiger partial charge in [-0.1, -0.05) is 12.1 Å². The number of nitrogens with two attached hydrogens (primary N) is 1. The third kappa shape index (κ3) is 4.04. The van der Waals surface area contributed by atoms with Crippen molar-refractivity contribution in [2.75, 3.05) is 6.61 Å². The molecule has 0 amide bonds. The van der Waals surface area contributed by atoms with Gasteiger partial charge in [0.05, 0.1) is 24.7 Å². The van der Waals surface area contributed by atoms with Crippen LogP contribution in [-0.4, -0.2) is 12.6 Å². The van der Waals surface area contributed by atoms with Crippen LogP contribution >= 0.6 is 0 Å². The van der Waals surface area contributed by atoms with Crippen molar-refractivity contribution in [3.05, 3.63) is 58.4 Å². The van der Waals surface area contributed by atoms with E-state index in [0.29, 0.717) is 16.7 Å². The van der Waals surface area contributed by atoms with Crippen LogP contribution < -0.4 is 5.73 Å². The maximum Gasteiger partial charge on any atom is 0.307 e. The average Bonchev–Trinajstić information content (AvgIpc) is 2.57. The van der Waals surface area contributed by atoms with E-state index in [0.717, 1.165) is 11.1 Å². The zero-order chi connectivity index (χ0) is 18.6. The van der Waals surface area contributed by atoms with Crippen molar-refractivity contribution >= 4 is 5.97 Å². The molecule has 0 saturated carbocycles. The fraction of sp³-hybridized carbons (Fsp3) is 0.300. The lowest BCUT2D eigenvalue weighted by Gasteiger charge is -2.17. The minimum absolute atomic E-state index is 0.105. The Balaban J connectivity index is 2.53. The molecule has 0 aliphatic heterocycles. The standard InChI is InChI=1S/C20H21FN2O2/c1-4-25-18(24)10-17(23)16-9-15(8-13(3)20(16)21)19-12(2)6-5-7-14(19)11-22/h5-9,17H,4,10,23H2,1-3H3/t17-/m0/s1. The van der Waals surface area contributed by atoms with Crippen molar-refractivity contribution < 1.29 is 13.9 Å². The fourth-order valence-electron chi connectivity index (χ4n) is 2.86. The van der Waals surface area contributed by atoms with E-state index in [1.165, 1.54) is 0 Å². The molecule has 25 heavy (non-hydrogen) atoms. The maximum absolute atomic E-state index is 14.6. The lowest BCUT2D eigenvalue weighted by Crippen LogP contribution is -2.19. The molecular formula is C20H21FN2O2. The maximum atomic E-state index is 14.6. The summed E-state index contributed by atoms with van der Waals surface area (Å²) in [6, 6.07) is 10.1. The molecule has 2 aromatic rings. The van der Waals surface area contributed by atoms with Crippen LogP contribution in [0.2, 0.25) is 0 Å². The van der Waals surface area contributed by atoms with Crippen molar-refractivity contribution in [1.29, 1.82) is 5.26 Å². The van der Waals surface area contributed by atoms with Gasteiger partial charge in [-0.2, -0.15) is 5.26 Å². The first-order valence-corrected chi connectivity index (χ1v) is 8.10. The van der Waals surface area contributed by atoms with E-state index >= 15 is 0 Å². The highest BCUT2D eigenvalue weighted by atomic mass is 19.1. The van der Waals surface area contributed by atoms with E-state index in [1.54, 1.807) is 38.1 Å². The summed E-state index contributed by atoms with van der Waals surface area (Å²) in [4.78, 5) is 11.7. The molecule has 0 unspecified atom stereocenters. The Morgan fingerprint density at radius 1 is 1.32 bits per heavy atom. The Bertz CT molecular complexity index is 840. The van der Waals surface area contributed by atoms with E-state index in [4.69, 9.17) is 10.5 Å². The zero-order valence-electron chi connectivity index (χ0n) is 14.6. The van der Waals surface area contributed by atoms with Gasteiger partial charge in [0.2, 0.25) is 0 Å². The third-order valence-electron chi connectivity index (χ3n) is 4.06. The molecule has 0 aromatic heterocycles. The lowest BCUT2D eigenvalue weighted by molar-refractivity contribution is -0.143. The van der Waals surface area contributed by atoms with Crippen molar-refractivity contribution in [2.45, 2.75) is 33.2 Å². The monoisotopic (exact) mass is 340 g/mol. The van der Waals surface area contributed by atoms with E-state index in [1.807, 2.05) is 13.0 Å². The highest BCUT2D eigenvalue weighted by molar-refractivity contribution is 5.75. The quantitative estimate of drug-likeness (QED) is 0.837. The number of rotatable bonds is 5. The SMILES string of the molecule is CCOC(=O)C[C@H](N)c1cc(-c2c(C)cccc2C#N)cc(C)c1F. The van der Waals surface area contributed by atoms with Gasteiger partial charge in [-0.05, 0) is 55.7 Å². The molecule has 0 radical (unpaired) electrons. The smallest absolute Gasteiger partial charge is 0.307 e. The molecular weight excluding hydrogens is 319 g/mol. The van der Waals surface area contributed by atoms with Gasteiger partial charge < -0.3 is 10.5 Å². The summed E-state index contributed by atoms with van der Waals surface area (Å²) in [6.07, 6.45) is -0.105. The topological polar surface area (TPSA) is 76.1 Å². The highest BCUT2D eigenvalue weighted by Crippen LogP contribution is 2.32. The minimum atomic E-state index is -0.813. The number of hydrogen-bond acceptors (Lipinski definition) is 4. The molecule has 0 saturated heterocycles. The Morgan fingerprint density at radius 2 is 2.04 bits per heavy atom. The van der Waals surface area contributed by atoms with Gasteiger partial charge in [0.25, 0.3) is 0 Å². The van der Waals surface area contributed by atoms with Crippen LogP contribution in [0.25, 0.3) is 11.1 Å². The first kappa shape index (κ1) is 18.6. The second kappa shape index (κ2) is 7.91. The third-order valence-corrected chi connectivity index (χ3v) is 4.06. The van der Waals surface area contributed by atoms with Crippen molar-refractivity contribution in [3.8, 4) is 17.2 Å². The van der Waals surface area contributed by atoms with Gasteiger partial charge in [-0.15, -0.1) is 0 Å². The van der Waals surface area contributed by atoms with Crippen molar-refractivity contribution in [2.24, 2.45) is 5.73 Å². The van der Waals surface area contributed by atoms with Crippen LogP contribution in [0.15, 0.2) is 30.3 Å². The first-order chi connectivity index (χ1) is 11.9. The second-order valence-electron chi connectivity index (χ2n) is 5.92. The molecule has 0 heterocycles. The summed E-state index contributed by atoms with van der Waals surface area (Å²) in [5, 5.41) is 9.37. The number of aryl methyl sites for hydroxylation is 2. The minimum Gasteiger partial charge on any atom is -0.466 e. The van der Waals surface area contributed by atoms with Crippen molar-refractivity contribution in [1.82, 2.24) is 0 Å². The Morgan fingerprint density at radius 3 is 2.68 bits per heavy atom. The van der Waals surface area contributed by atoms with Gasteiger partial charge in [-0.25, -0.2) is 4.39 Å². The number of nitrogens with zero attached hydrogens (tertiary/aromatic N) is 1. The molecule has 2 aromatic carbocycles. The number of carbonyl (C=O) groups is 1. The molecule has 0 bridgehead atoms. The first-order valence-electron chi connectivity index (χ1n) is 8.10. The number of benzene rings is 2. The lowest BCUT2D eigenvalue weighted by atomic mass is 9.91. The van der Waals surface area contributed by atoms with E-state index in [9.17, 15) is 14.4 Å². The molecule has 2 N–H and O–H groups in total. The second-order valence-corrected chi connectivity index (χ2v) is 5.92. The summed E-state index contributed by atoms with van der Waals surface area (Å²) >= 11 is 0. The Kier molecular flexibility index (Phi) is 5.89. The van der Waals surface area contributed by atoms with Crippen LogP contribution in [0.1, 0.15) is 41.6 Å². The summed E-state index contributed by atoms with van der Waals surface area (Å²) in [7, 11) is 0. The van der Waals surface area contributed by atoms with Crippen LogP contribution in [0, 0.1) is 31.0 Å². The number of halogens is 1. The van der Waals surface area contributed by atoms with Gasteiger partial charge in [-0.3, -0.25) is 4.79 Å². The molecule has 0 spiro atoms. The van der Waals surface area contributed by atoms with Crippen molar-refractivity contribution in [3.63, 3.8) is 0 Å². The number of carbonyl (C=O) groups excluding carboxylic acids is 1. The summed E-state index contributed by atoms with van der Waals surface area (Å²) in [5.41, 5.74) is 9.59. The number of esters is 1. The van der Waals surface area contributed by atoms with Gasteiger partial charge in [0.15, 0.2) is 0 Å². The largest absolute Gasteiger partial charge is 0.466 e. The number of ether oxygens (including phenoxy) is 1. The van der Waals surface area contributed by atoms with Gasteiger partial charge >= 0.3 is 5.97 Å². The van der Waals surface area contributed by atoms with Crippen LogP contribution in [-0.2, 0) is 9.53 Å². The summed E-state index contributed by atoms with van der Waals surface area (Å²) in [6.45, 7) is 5.50. The Hall–Kier alpha value is -2.71. The van der Waals surface area contributed by atoms with E-state index in [-0.39, 0.29) is 18.6 Å². The molecule has 0 aliphatic carbocycles. The predicted molar refractivity (Wildman–Crippen MR) is 94.2 cm³/mol. The summed E-state index contributed by atoms with van der Waals surface area (Å²) in [5.74, 6) is -0.904. The fourth-order valence-corrected chi connectivity index (χ4v) is 2.86. The molecule has 0 fully saturated rings. The molecule has 0 aliphatic rings. The number of nitriles is 1. The average molecular weight is 340 g/mol. The normalized spacial score (nSPS) is 11.7. The predicted octanol–water partition coefficient (Wildman–Crippen LogP) is 3.93. The van der Waals surface area contributed by atoms with Gasteiger partial charge in [0.1, 0.15) is 5.82 Å². The molecule has 1 atom stereocenters. The van der Waals surface area contributed by atoms with Gasteiger partial charge in [0, 0.05) is 17.2 Å². The van der Waals surface area contributed by atoms with E-state index < -0.39 is 17.8 Å². The molecule has 4 nitrogen and oxygen atoms in total. The zero-order valence-corrected chi connectivity index (χ0v) is 14.6. The molecule has 2 rings (SSSR count). The molecule has 130 valence electrons. The highest BCUT2D eigenvalue weighted by Gasteiger charge is 2.20. The van der Waals surface area contributed by atoms with Crippen LogP contribution in [0.5, 0.6) is 0 Å². The number of hydrogen-bond donors (Lipinski definition) is 1. The Labute approximate surface area is 147 Å². The van der Waals surface area contributed by atoms with E-state index in [2.05, 4.69) is 6.07 Å².